The van der Waals surface area contributed by atoms with Gasteiger partial charge in [0.25, 0.3) is 0 Å². The average molecular weight is 291 g/mol. The molecule has 0 bridgehead atoms. The summed E-state index contributed by atoms with van der Waals surface area (Å²) in [5.74, 6) is 0.789. The Hall–Kier alpha value is -1.58. The number of rotatable bonds is 6. The van der Waals surface area contributed by atoms with Crippen LogP contribution < -0.4 is 10.1 Å². The van der Waals surface area contributed by atoms with E-state index < -0.39 is 0 Å². The van der Waals surface area contributed by atoms with E-state index in [1.807, 2.05) is 43.6 Å². The van der Waals surface area contributed by atoms with Crippen molar-refractivity contribution in [2.24, 2.45) is 0 Å². The molecule has 1 N–H and O–H groups in total. The Labute approximate surface area is 124 Å². The molecule has 0 saturated carbocycles. The van der Waals surface area contributed by atoms with Gasteiger partial charge in [-0.05, 0) is 36.7 Å². The molecule has 0 saturated heterocycles. The summed E-state index contributed by atoms with van der Waals surface area (Å²) in [6.07, 6.45) is 4.55. The minimum atomic E-state index is 0.00127. The molecule has 106 valence electrons. The van der Waals surface area contributed by atoms with Gasteiger partial charge in [0.15, 0.2) is 0 Å². The van der Waals surface area contributed by atoms with Gasteiger partial charge in [0.05, 0.1) is 18.8 Å². The Balaban J connectivity index is 2.30. The molecule has 0 amide bonds. The molecule has 0 fully saturated rings. The van der Waals surface area contributed by atoms with Crippen LogP contribution in [-0.4, -0.2) is 18.6 Å². The molecule has 0 aliphatic heterocycles. The van der Waals surface area contributed by atoms with Crippen LogP contribution in [0.4, 0.5) is 0 Å². The summed E-state index contributed by atoms with van der Waals surface area (Å²) in [6, 6.07) is 9.83. The summed E-state index contributed by atoms with van der Waals surface area (Å²) in [4.78, 5) is 4.25. The maximum atomic E-state index is 6.28. The second-order valence-corrected chi connectivity index (χ2v) is 4.95. The first-order valence-electron chi connectivity index (χ1n) is 6.75. The smallest absolute Gasteiger partial charge is 0.137 e. The fourth-order valence-electron chi connectivity index (χ4n) is 2.10. The van der Waals surface area contributed by atoms with Crippen molar-refractivity contribution in [1.82, 2.24) is 10.3 Å². The van der Waals surface area contributed by atoms with Gasteiger partial charge < -0.3 is 10.1 Å². The number of benzene rings is 1. The van der Waals surface area contributed by atoms with Crippen LogP contribution in [0.5, 0.6) is 5.75 Å². The molecule has 3 nitrogen and oxygen atoms in total. The van der Waals surface area contributed by atoms with Gasteiger partial charge in [0.1, 0.15) is 5.75 Å². The Morgan fingerprint density at radius 2 is 2.10 bits per heavy atom. The maximum absolute atomic E-state index is 6.28. The van der Waals surface area contributed by atoms with Gasteiger partial charge in [-0.1, -0.05) is 36.7 Å². The van der Waals surface area contributed by atoms with Crippen LogP contribution in [0.25, 0.3) is 0 Å². The first kappa shape index (κ1) is 14.8. The zero-order valence-electron chi connectivity index (χ0n) is 11.8. The molecule has 1 atom stereocenters. The van der Waals surface area contributed by atoms with Crippen molar-refractivity contribution in [2.75, 3.05) is 13.7 Å². The molecule has 2 aromatic rings. The van der Waals surface area contributed by atoms with E-state index in [-0.39, 0.29) is 6.04 Å². The highest BCUT2D eigenvalue weighted by molar-refractivity contribution is 6.31. The van der Waals surface area contributed by atoms with Gasteiger partial charge in [-0.2, -0.15) is 0 Å². The summed E-state index contributed by atoms with van der Waals surface area (Å²) < 4.78 is 5.63. The van der Waals surface area contributed by atoms with Crippen molar-refractivity contribution in [3.8, 4) is 5.75 Å². The highest BCUT2D eigenvalue weighted by atomic mass is 35.5. The van der Waals surface area contributed by atoms with E-state index in [1.54, 1.807) is 6.20 Å². The van der Waals surface area contributed by atoms with Crippen molar-refractivity contribution in [2.45, 2.75) is 19.4 Å². The number of hydrogen-bond donors (Lipinski definition) is 1. The van der Waals surface area contributed by atoms with Gasteiger partial charge in [-0.15, -0.1) is 0 Å². The number of halogens is 1. The summed E-state index contributed by atoms with van der Waals surface area (Å²) in [7, 11) is 1.91. The Bertz CT molecular complexity index is 560. The minimum absolute atomic E-state index is 0.00127. The number of nitrogens with one attached hydrogen (secondary N) is 1. The number of aromatic nitrogens is 1. The highest BCUT2D eigenvalue weighted by Crippen LogP contribution is 2.29. The Kier molecular flexibility index (Phi) is 5.39. The van der Waals surface area contributed by atoms with Crippen molar-refractivity contribution >= 4 is 11.6 Å². The predicted octanol–water partition coefficient (Wildman–Crippen LogP) is 3.83. The molecule has 0 aliphatic rings. The zero-order chi connectivity index (χ0) is 14.4. The van der Waals surface area contributed by atoms with Crippen LogP contribution in [0, 0.1) is 0 Å². The monoisotopic (exact) mass is 290 g/mol. The first-order valence-corrected chi connectivity index (χ1v) is 7.13. The molecule has 1 heterocycles. The summed E-state index contributed by atoms with van der Waals surface area (Å²) in [5, 5.41) is 4.02. The van der Waals surface area contributed by atoms with Crippen molar-refractivity contribution in [3.63, 3.8) is 0 Å². The summed E-state index contributed by atoms with van der Waals surface area (Å²) in [6.45, 7) is 2.78. The van der Waals surface area contributed by atoms with Gasteiger partial charge >= 0.3 is 0 Å². The zero-order valence-corrected chi connectivity index (χ0v) is 12.5. The molecule has 1 aromatic heterocycles. The lowest BCUT2D eigenvalue weighted by molar-refractivity contribution is 0.315. The van der Waals surface area contributed by atoms with E-state index in [2.05, 4.69) is 17.2 Å². The Morgan fingerprint density at radius 1 is 1.30 bits per heavy atom. The maximum Gasteiger partial charge on any atom is 0.137 e. The molecule has 0 spiro atoms. The van der Waals surface area contributed by atoms with Crippen LogP contribution in [0.3, 0.4) is 0 Å². The van der Waals surface area contributed by atoms with Gasteiger partial charge in [0, 0.05) is 11.2 Å². The summed E-state index contributed by atoms with van der Waals surface area (Å²) >= 11 is 6.28. The second kappa shape index (κ2) is 7.27. The molecule has 0 radical (unpaired) electrons. The molecular formula is C16H19ClN2O. The normalized spacial score (nSPS) is 12.2. The van der Waals surface area contributed by atoms with Crippen LogP contribution in [0.15, 0.2) is 42.7 Å². The standard InChI is InChI=1S/C16H19ClN2O/c1-3-8-20-13-9-12(10-19-11-13)16(18-2)14-6-4-5-7-15(14)17/h4-7,9-11,16,18H,3,8H2,1-2H3. The van der Waals surface area contributed by atoms with Gasteiger partial charge in [0.2, 0.25) is 0 Å². The predicted molar refractivity (Wildman–Crippen MR) is 82.4 cm³/mol. The molecule has 0 aliphatic carbocycles. The summed E-state index contributed by atoms with van der Waals surface area (Å²) in [5.41, 5.74) is 2.07. The number of hydrogen-bond acceptors (Lipinski definition) is 3. The lowest BCUT2D eigenvalue weighted by Gasteiger charge is -2.18. The van der Waals surface area contributed by atoms with E-state index in [9.17, 15) is 0 Å². The second-order valence-electron chi connectivity index (χ2n) is 4.55. The number of ether oxygens (including phenoxy) is 1. The molecule has 2 rings (SSSR count). The van der Waals surface area contributed by atoms with E-state index in [0.717, 1.165) is 28.3 Å². The molecule has 1 aromatic carbocycles. The van der Waals surface area contributed by atoms with Crippen LogP contribution >= 0.6 is 11.6 Å². The first-order chi connectivity index (χ1) is 9.76. The van der Waals surface area contributed by atoms with Crippen molar-refractivity contribution in [1.29, 1.82) is 0 Å². The third kappa shape index (κ3) is 3.50. The molecule has 1 unspecified atom stereocenters. The van der Waals surface area contributed by atoms with E-state index >= 15 is 0 Å². The van der Waals surface area contributed by atoms with Crippen molar-refractivity contribution in [3.05, 3.63) is 58.9 Å². The largest absolute Gasteiger partial charge is 0.492 e. The van der Waals surface area contributed by atoms with Gasteiger partial charge in [-0.3, -0.25) is 4.98 Å². The van der Waals surface area contributed by atoms with Crippen LogP contribution in [0.1, 0.15) is 30.5 Å². The van der Waals surface area contributed by atoms with Gasteiger partial charge in [-0.25, -0.2) is 0 Å². The third-order valence-corrected chi connectivity index (χ3v) is 3.39. The SMILES string of the molecule is CCCOc1cncc(C(NC)c2ccccc2Cl)c1. The number of nitrogens with zero attached hydrogens (tertiary/aromatic N) is 1. The lowest BCUT2D eigenvalue weighted by Crippen LogP contribution is -2.18. The molecule has 20 heavy (non-hydrogen) atoms. The van der Waals surface area contributed by atoms with Crippen LogP contribution in [-0.2, 0) is 0 Å². The highest BCUT2D eigenvalue weighted by Gasteiger charge is 2.15. The average Bonchev–Trinajstić information content (AvgIpc) is 2.48. The number of pyridine rings is 1. The fourth-order valence-corrected chi connectivity index (χ4v) is 2.35. The third-order valence-electron chi connectivity index (χ3n) is 3.05. The van der Waals surface area contributed by atoms with Crippen molar-refractivity contribution < 1.29 is 4.74 Å². The van der Waals surface area contributed by atoms with E-state index in [4.69, 9.17) is 16.3 Å². The van der Waals surface area contributed by atoms with E-state index in [0.29, 0.717) is 6.61 Å². The van der Waals surface area contributed by atoms with Crippen LogP contribution in [0.2, 0.25) is 5.02 Å². The quantitative estimate of drug-likeness (QED) is 0.878. The fraction of sp³-hybridized carbons (Fsp3) is 0.312. The lowest BCUT2D eigenvalue weighted by atomic mass is 10.0. The van der Waals surface area contributed by atoms with E-state index in [1.165, 1.54) is 0 Å². The Morgan fingerprint density at radius 3 is 2.80 bits per heavy atom. The molecular weight excluding hydrogens is 272 g/mol. The molecule has 4 heteroatoms. The topological polar surface area (TPSA) is 34.1 Å². The minimum Gasteiger partial charge on any atom is -0.492 e.